The molecule has 1 fully saturated rings. The summed E-state index contributed by atoms with van der Waals surface area (Å²) in [6, 6.07) is 12.3. The number of nitrogens with zero attached hydrogens (tertiary/aromatic N) is 2. The molecule has 2 N–H and O–H groups in total. The van der Waals surface area contributed by atoms with Crippen molar-refractivity contribution in [2.45, 2.75) is 23.8 Å². The fraction of sp³-hybridized carbons (Fsp3) is 0.353. The predicted molar refractivity (Wildman–Crippen MR) is 91.9 cm³/mol. The third-order valence-electron chi connectivity index (χ3n) is 4.08. The molecule has 0 spiro atoms. The van der Waals surface area contributed by atoms with Crippen LogP contribution < -0.4 is 5.73 Å². The van der Waals surface area contributed by atoms with Crippen LogP contribution in [-0.2, 0) is 21.2 Å². The summed E-state index contributed by atoms with van der Waals surface area (Å²) in [5.41, 5.74) is 6.76. The molecule has 0 bridgehead atoms. The second-order valence-corrected chi connectivity index (χ2v) is 7.73. The van der Waals surface area contributed by atoms with Gasteiger partial charge in [-0.25, -0.2) is 13.4 Å². The quantitative estimate of drug-likeness (QED) is 0.889. The van der Waals surface area contributed by atoms with Crippen molar-refractivity contribution in [2.24, 2.45) is 0 Å². The van der Waals surface area contributed by atoms with Crippen LogP contribution in [0.1, 0.15) is 12.0 Å². The SMILES string of the molecule is Nc1cc(CCC2CN(S(=O)(=O)c3ccccc3)CCO2)ccn1. The Hall–Kier alpha value is -1.96. The summed E-state index contributed by atoms with van der Waals surface area (Å²) in [5, 5.41) is 0. The molecule has 1 aromatic carbocycles. The zero-order valence-corrected chi connectivity index (χ0v) is 14.2. The number of pyridine rings is 1. The molecule has 0 saturated carbocycles. The number of nitrogen functional groups attached to an aromatic ring is 1. The minimum absolute atomic E-state index is 0.119. The third kappa shape index (κ3) is 3.92. The first kappa shape index (κ1) is 16.9. The van der Waals surface area contributed by atoms with Gasteiger partial charge in [-0.05, 0) is 42.7 Å². The molecular formula is C17H21N3O3S. The van der Waals surface area contributed by atoms with Crippen molar-refractivity contribution in [2.75, 3.05) is 25.4 Å². The number of hydrogen-bond donors (Lipinski definition) is 1. The Morgan fingerprint density at radius 3 is 2.79 bits per heavy atom. The Morgan fingerprint density at radius 2 is 2.04 bits per heavy atom. The molecule has 0 aliphatic carbocycles. The van der Waals surface area contributed by atoms with Gasteiger partial charge in [0, 0.05) is 19.3 Å². The van der Waals surface area contributed by atoms with Crippen molar-refractivity contribution in [3.63, 3.8) is 0 Å². The van der Waals surface area contributed by atoms with E-state index in [1.807, 2.05) is 18.2 Å². The van der Waals surface area contributed by atoms with Crippen molar-refractivity contribution in [3.8, 4) is 0 Å². The number of morpholine rings is 1. The van der Waals surface area contributed by atoms with Crippen molar-refractivity contribution >= 4 is 15.8 Å². The maximum absolute atomic E-state index is 12.7. The molecule has 3 rings (SSSR count). The molecule has 0 radical (unpaired) electrons. The first-order chi connectivity index (χ1) is 11.6. The van der Waals surface area contributed by atoms with Crippen LogP contribution in [-0.4, -0.2) is 43.5 Å². The number of hydrogen-bond acceptors (Lipinski definition) is 5. The van der Waals surface area contributed by atoms with Gasteiger partial charge in [0.2, 0.25) is 10.0 Å². The molecule has 2 heterocycles. The second kappa shape index (κ2) is 7.29. The first-order valence-electron chi connectivity index (χ1n) is 7.93. The Balaban J connectivity index is 1.64. The lowest BCUT2D eigenvalue weighted by Crippen LogP contribution is -2.45. The van der Waals surface area contributed by atoms with E-state index in [4.69, 9.17) is 10.5 Å². The van der Waals surface area contributed by atoms with Crippen LogP contribution in [0.5, 0.6) is 0 Å². The van der Waals surface area contributed by atoms with Gasteiger partial charge in [0.15, 0.2) is 0 Å². The van der Waals surface area contributed by atoms with Gasteiger partial charge in [-0.3, -0.25) is 0 Å². The van der Waals surface area contributed by atoms with E-state index in [0.717, 1.165) is 18.4 Å². The molecule has 6 nitrogen and oxygen atoms in total. The lowest BCUT2D eigenvalue weighted by atomic mass is 10.1. The average Bonchev–Trinajstić information content (AvgIpc) is 2.61. The summed E-state index contributed by atoms with van der Waals surface area (Å²) >= 11 is 0. The van der Waals surface area contributed by atoms with Gasteiger partial charge >= 0.3 is 0 Å². The van der Waals surface area contributed by atoms with Gasteiger partial charge in [-0.1, -0.05) is 18.2 Å². The fourth-order valence-corrected chi connectivity index (χ4v) is 4.28. The second-order valence-electron chi connectivity index (χ2n) is 5.80. The molecule has 1 aliphatic rings. The zero-order chi connectivity index (χ0) is 17.0. The van der Waals surface area contributed by atoms with Crippen LogP contribution in [0.25, 0.3) is 0 Å². The van der Waals surface area contributed by atoms with E-state index in [0.29, 0.717) is 30.4 Å². The summed E-state index contributed by atoms with van der Waals surface area (Å²) in [7, 11) is -3.46. The van der Waals surface area contributed by atoms with E-state index in [1.165, 1.54) is 4.31 Å². The summed E-state index contributed by atoms with van der Waals surface area (Å²) in [5.74, 6) is 0.491. The van der Waals surface area contributed by atoms with E-state index in [-0.39, 0.29) is 6.10 Å². The van der Waals surface area contributed by atoms with Gasteiger partial charge < -0.3 is 10.5 Å². The van der Waals surface area contributed by atoms with Crippen molar-refractivity contribution in [3.05, 3.63) is 54.2 Å². The smallest absolute Gasteiger partial charge is 0.243 e. The van der Waals surface area contributed by atoms with Crippen LogP contribution in [0.2, 0.25) is 0 Å². The standard InChI is InChI=1S/C17H21N3O3S/c18-17-12-14(8-9-19-17)6-7-15-13-20(10-11-23-15)24(21,22)16-4-2-1-3-5-16/h1-5,8-9,12,15H,6-7,10-11,13H2,(H2,18,19). The number of rotatable bonds is 5. The topological polar surface area (TPSA) is 85.5 Å². The highest BCUT2D eigenvalue weighted by atomic mass is 32.2. The monoisotopic (exact) mass is 347 g/mol. The highest BCUT2D eigenvalue weighted by molar-refractivity contribution is 7.89. The Morgan fingerprint density at radius 1 is 1.25 bits per heavy atom. The molecule has 7 heteroatoms. The Kier molecular flexibility index (Phi) is 5.13. The number of benzene rings is 1. The summed E-state index contributed by atoms with van der Waals surface area (Å²) in [6.45, 7) is 1.17. The van der Waals surface area contributed by atoms with Crippen LogP contribution in [0.15, 0.2) is 53.6 Å². The number of ether oxygens (including phenoxy) is 1. The van der Waals surface area contributed by atoms with Gasteiger partial charge in [0.05, 0.1) is 17.6 Å². The van der Waals surface area contributed by atoms with Gasteiger partial charge in [0.25, 0.3) is 0 Å². The highest BCUT2D eigenvalue weighted by Gasteiger charge is 2.30. The van der Waals surface area contributed by atoms with Crippen LogP contribution in [0.4, 0.5) is 5.82 Å². The molecule has 2 aromatic rings. The van der Waals surface area contributed by atoms with Crippen LogP contribution in [0, 0.1) is 0 Å². The molecule has 1 aromatic heterocycles. The molecule has 1 unspecified atom stereocenters. The number of nitrogens with two attached hydrogens (primary N) is 1. The number of anilines is 1. The van der Waals surface area contributed by atoms with E-state index < -0.39 is 10.0 Å². The Labute approximate surface area is 142 Å². The van der Waals surface area contributed by atoms with Crippen molar-refractivity contribution < 1.29 is 13.2 Å². The first-order valence-corrected chi connectivity index (χ1v) is 9.37. The molecule has 0 amide bonds. The number of aryl methyl sites for hydroxylation is 1. The summed E-state index contributed by atoms with van der Waals surface area (Å²) in [4.78, 5) is 4.30. The zero-order valence-electron chi connectivity index (χ0n) is 13.3. The summed E-state index contributed by atoms with van der Waals surface area (Å²) in [6.07, 6.45) is 3.08. The van der Waals surface area contributed by atoms with Gasteiger partial charge in [0.1, 0.15) is 5.82 Å². The molecule has 24 heavy (non-hydrogen) atoms. The van der Waals surface area contributed by atoms with Gasteiger partial charge in [-0.2, -0.15) is 4.31 Å². The highest BCUT2D eigenvalue weighted by Crippen LogP contribution is 2.20. The molecule has 1 saturated heterocycles. The molecule has 1 atom stereocenters. The minimum Gasteiger partial charge on any atom is -0.384 e. The van der Waals surface area contributed by atoms with E-state index >= 15 is 0 Å². The van der Waals surface area contributed by atoms with Gasteiger partial charge in [-0.15, -0.1) is 0 Å². The molecular weight excluding hydrogens is 326 g/mol. The number of aromatic nitrogens is 1. The average molecular weight is 347 g/mol. The van der Waals surface area contributed by atoms with E-state index in [2.05, 4.69) is 4.98 Å². The maximum atomic E-state index is 12.7. The van der Waals surface area contributed by atoms with Crippen molar-refractivity contribution in [1.82, 2.24) is 9.29 Å². The lowest BCUT2D eigenvalue weighted by Gasteiger charge is -2.32. The number of sulfonamides is 1. The van der Waals surface area contributed by atoms with Crippen molar-refractivity contribution in [1.29, 1.82) is 0 Å². The summed E-state index contributed by atoms with van der Waals surface area (Å²) < 4.78 is 32.6. The molecule has 128 valence electrons. The van der Waals surface area contributed by atoms with E-state index in [9.17, 15) is 8.42 Å². The van der Waals surface area contributed by atoms with E-state index in [1.54, 1.807) is 30.5 Å². The molecule has 1 aliphatic heterocycles. The van der Waals surface area contributed by atoms with Crippen LogP contribution in [0.3, 0.4) is 0 Å². The maximum Gasteiger partial charge on any atom is 0.243 e. The predicted octanol–water partition coefficient (Wildman–Crippen LogP) is 1.69. The fourth-order valence-electron chi connectivity index (χ4n) is 2.80. The minimum atomic E-state index is -3.46. The normalized spacial score (nSPS) is 19.2. The third-order valence-corrected chi connectivity index (χ3v) is 5.96. The largest absolute Gasteiger partial charge is 0.384 e. The Bertz CT molecular complexity index is 781. The lowest BCUT2D eigenvalue weighted by molar-refractivity contribution is -0.00526. The van der Waals surface area contributed by atoms with Crippen LogP contribution >= 0.6 is 0 Å².